The lowest BCUT2D eigenvalue weighted by Crippen LogP contribution is -2.30. The van der Waals surface area contributed by atoms with E-state index in [0.29, 0.717) is 4.99 Å². The zero-order chi connectivity index (χ0) is 11.4. The number of unbranched alkanes of at least 4 members (excludes halogenated alkanes) is 1. The van der Waals surface area contributed by atoms with Gasteiger partial charge < -0.3 is 5.73 Å². The van der Waals surface area contributed by atoms with Crippen molar-refractivity contribution in [2.75, 3.05) is 13.1 Å². The molecule has 0 unspecified atom stereocenters. The van der Waals surface area contributed by atoms with Gasteiger partial charge in [-0.1, -0.05) is 12.2 Å². The number of rotatable bonds is 5. The minimum atomic E-state index is 0.652. The largest absolute Gasteiger partial charge is 0.393 e. The van der Waals surface area contributed by atoms with E-state index in [2.05, 4.69) is 16.3 Å². The summed E-state index contributed by atoms with van der Waals surface area (Å²) in [7, 11) is 0. The second kappa shape index (κ2) is 5.75. The molecule has 0 saturated heterocycles. The van der Waals surface area contributed by atoms with Gasteiger partial charge in [0.15, 0.2) is 0 Å². The van der Waals surface area contributed by atoms with E-state index >= 15 is 0 Å². The van der Waals surface area contributed by atoms with Crippen LogP contribution in [0.15, 0.2) is 11.4 Å². The average molecular weight is 254 g/mol. The van der Waals surface area contributed by atoms with Gasteiger partial charge >= 0.3 is 0 Å². The summed E-state index contributed by atoms with van der Waals surface area (Å²) in [6.45, 7) is 3.52. The summed E-state index contributed by atoms with van der Waals surface area (Å²) in [6.07, 6.45) is 4.45. The van der Waals surface area contributed by atoms with Crippen LogP contribution in [0.2, 0.25) is 0 Å². The molecule has 2 nitrogen and oxygen atoms in total. The lowest BCUT2D eigenvalue weighted by atomic mass is 10.1. The highest BCUT2D eigenvalue weighted by Crippen LogP contribution is 2.24. The van der Waals surface area contributed by atoms with Crippen molar-refractivity contribution in [3.8, 4) is 0 Å². The van der Waals surface area contributed by atoms with Gasteiger partial charge in [-0.2, -0.15) is 0 Å². The Balaban J connectivity index is 1.71. The maximum Gasteiger partial charge on any atom is 0.0727 e. The van der Waals surface area contributed by atoms with Gasteiger partial charge in [-0.15, -0.1) is 11.3 Å². The minimum absolute atomic E-state index is 0.652. The number of nitrogens with zero attached hydrogens (tertiary/aromatic N) is 1. The van der Waals surface area contributed by atoms with Gasteiger partial charge in [0.25, 0.3) is 0 Å². The van der Waals surface area contributed by atoms with Crippen LogP contribution in [0.4, 0.5) is 0 Å². The molecule has 1 aliphatic heterocycles. The fraction of sp³-hybridized carbons (Fsp3) is 0.583. The summed E-state index contributed by atoms with van der Waals surface area (Å²) in [6, 6.07) is 2.27. The number of thiocarbonyl (C=S) groups is 1. The predicted octanol–water partition coefficient (Wildman–Crippen LogP) is 2.56. The molecule has 2 rings (SSSR count). The molecule has 4 heteroatoms. The third-order valence-electron chi connectivity index (χ3n) is 3.03. The summed E-state index contributed by atoms with van der Waals surface area (Å²) in [4.78, 5) is 4.77. The third-order valence-corrected chi connectivity index (χ3v) is 4.26. The number of thiophene rings is 1. The molecular weight excluding hydrogens is 236 g/mol. The van der Waals surface area contributed by atoms with Crippen molar-refractivity contribution in [3.63, 3.8) is 0 Å². The Labute approximate surface area is 106 Å². The average Bonchev–Trinajstić information content (AvgIpc) is 2.71. The number of hydrogen-bond donors (Lipinski definition) is 1. The molecule has 2 N–H and O–H groups in total. The van der Waals surface area contributed by atoms with Crippen molar-refractivity contribution in [2.24, 2.45) is 5.73 Å². The Morgan fingerprint density at radius 3 is 3.19 bits per heavy atom. The van der Waals surface area contributed by atoms with E-state index in [4.69, 9.17) is 18.0 Å². The van der Waals surface area contributed by atoms with Crippen LogP contribution in [0.25, 0.3) is 0 Å². The molecule has 1 aromatic rings. The molecule has 0 radical (unpaired) electrons. The molecular formula is C12H18N2S2. The van der Waals surface area contributed by atoms with E-state index in [9.17, 15) is 0 Å². The molecule has 1 aromatic heterocycles. The highest BCUT2D eigenvalue weighted by atomic mass is 32.1. The first-order chi connectivity index (χ1) is 7.75. The van der Waals surface area contributed by atoms with Crippen molar-refractivity contribution >= 4 is 28.5 Å². The summed E-state index contributed by atoms with van der Waals surface area (Å²) in [5, 5.41) is 2.21. The summed E-state index contributed by atoms with van der Waals surface area (Å²) in [5.74, 6) is 0. The van der Waals surface area contributed by atoms with Gasteiger partial charge in [0.1, 0.15) is 0 Å². The first kappa shape index (κ1) is 12.0. The second-order valence-electron chi connectivity index (χ2n) is 4.32. The quantitative estimate of drug-likeness (QED) is 0.647. The zero-order valence-electron chi connectivity index (χ0n) is 9.45. The monoisotopic (exact) mass is 254 g/mol. The topological polar surface area (TPSA) is 29.3 Å². The van der Waals surface area contributed by atoms with Gasteiger partial charge in [-0.05, 0) is 49.2 Å². The molecule has 2 heterocycles. The molecule has 0 bridgehead atoms. The SMILES string of the molecule is NC(=S)CCCCN1CCc2sccc2C1. The van der Waals surface area contributed by atoms with E-state index in [0.717, 1.165) is 19.4 Å². The van der Waals surface area contributed by atoms with E-state index in [-0.39, 0.29) is 0 Å². The first-order valence-electron chi connectivity index (χ1n) is 5.81. The van der Waals surface area contributed by atoms with Crippen LogP contribution in [0.3, 0.4) is 0 Å². The molecule has 88 valence electrons. The zero-order valence-corrected chi connectivity index (χ0v) is 11.1. The molecule has 0 fully saturated rings. The molecule has 0 spiro atoms. The maximum atomic E-state index is 5.48. The van der Waals surface area contributed by atoms with Crippen molar-refractivity contribution in [1.82, 2.24) is 4.90 Å². The van der Waals surface area contributed by atoms with Crippen LogP contribution in [0.5, 0.6) is 0 Å². The van der Waals surface area contributed by atoms with Gasteiger partial charge in [0.2, 0.25) is 0 Å². The van der Waals surface area contributed by atoms with Gasteiger partial charge in [0, 0.05) is 18.0 Å². The summed E-state index contributed by atoms with van der Waals surface area (Å²) >= 11 is 6.77. The van der Waals surface area contributed by atoms with Crippen molar-refractivity contribution in [2.45, 2.75) is 32.2 Å². The highest BCUT2D eigenvalue weighted by Gasteiger charge is 2.16. The second-order valence-corrected chi connectivity index (χ2v) is 5.84. The Kier molecular flexibility index (Phi) is 4.32. The van der Waals surface area contributed by atoms with Crippen molar-refractivity contribution in [1.29, 1.82) is 0 Å². The Morgan fingerprint density at radius 2 is 2.38 bits per heavy atom. The highest BCUT2D eigenvalue weighted by molar-refractivity contribution is 7.80. The van der Waals surface area contributed by atoms with Crippen molar-refractivity contribution in [3.05, 3.63) is 21.9 Å². The van der Waals surface area contributed by atoms with Crippen LogP contribution in [0.1, 0.15) is 29.7 Å². The lowest BCUT2D eigenvalue weighted by molar-refractivity contribution is 0.251. The molecule has 0 amide bonds. The molecule has 0 aliphatic carbocycles. The fourth-order valence-electron chi connectivity index (χ4n) is 2.13. The Hall–Kier alpha value is -0.450. The third kappa shape index (κ3) is 3.27. The minimum Gasteiger partial charge on any atom is -0.393 e. The van der Waals surface area contributed by atoms with E-state index in [1.54, 1.807) is 4.88 Å². The Morgan fingerprint density at radius 1 is 1.50 bits per heavy atom. The van der Waals surface area contributed by atoms with Crippen LogP contribution in [-0.4, -0.2) is 23.0 Å². The smallest absolute Gasteiger partial charge is 0.0727 e. The summed E-state index contributed by atoms with van der Waals surface area (Å²) in [5.41, 5.74) is 7.01. The van der Waals surface area contributed by atoms with Crippen LogP contribution >= 0.6 is 23.6 Å². The lowest BCUT2D eigenvalue weighted by Gasteiger charge is -2.26. The maximum absolute atomic E-state index is 5.48. The van der Waals surface area contributed by atoms with Gasteiger partial charge in [-0.25, -0.2) is 0 Å². The molecule has 0 aromatic carbocycles. The standard InChI is InChI=1S/C12H18N2S2/c13-12(15)3-1-2-6-14-7-4-11-10(9-14)5-8-16-11/h5,8H,1-4,6-7,9H2,(H2,13,15). The van der Waals surface area contributed by atoms with Crippen LogP contribution in [0, 0.1) is 0 Å². The molecule has 16 heavy (non-hydrogen) atoms. The van der Waals surface area contributed by atoms with Crippen LogP contribution in [-0.2, 0) is 13.0 Å². The number of fused-ring (bicyclic) bond motifs is 1. The normalized spacial score (nSPS) is 16.0. The number of hydrogen-bond acceptors (Lipinski definition) is 3. The Bertz CT molecular complexity index is 360. The van der Waals surface area contributed by atoms with Gasteiger partial charge in [-0.3, -0.25) is 4.90 Å². The van der Waals surface area contributed by atoms with E-state index in [1.165, 1.54) is 31.5 Å². The fourth-order valence-corrected chi connectivity index (χ4v) is 3.17. The molecule has 1 aliphatic rings. The molecule has 0 atom stereocenters. The van der Waals surface area contributed by atoms with Gasteiger partial charge in [0.05, 0.1) is 4.99 Å². The molecule has 0 saturated carbocycles. The number of nitrogens with two attached hydrogens (primary N) is 1. The first-order valence-corrected chi connectivity index (χ1v) is 7.10. The van der Waals surface area contributed by atoms with Crippen LogP contribution < -0.4 is 5.73 Å². The summed E-state index contributed by atoms with van der Waals surface area (Å²) < 4.78 is 0. The van der Waals surface area contributed by atoms with E-state index < -0.39 is 0 Å². The van der Waals surface area contributed by atoms with E-state index in [1.807, 2.05) is 11.3 Å². The van der Waals surface area contributed by atoms with Crippen molar-refractivity contribution < 1.29 is 0 Å². The predicted molar refractivity (Wildman–Crippen MR) is 73.9 cm³/mol.